The van der Waals surface area contributed by atoms with Crippen LogP contribution in [0.15, 0.2) is 29.4 Å². The van der Waals surface area contributed by atoms with Crippen LogP contribution in [0.3, 0.4) is 0 Å². The first-order valence-electron chi connectivity index (χ1n) is 11.0. The van der Waals surface area contributed by atoms with Gasteiger partial charge in [0.2, 0.25) is 0 Å². The number of urea groups is 1. The van der Waals surface area contributed by atoms with Crippen LogP contribution in [0, 0.1) is 0 Å². The first kappa shape index (κ1) is 24.0. The molecule has 0 aliphatic carbocycles. The maximum atomic E-state index is 10.9. The van der Waals surface area contributed by atoms with Gasteiger partial charge >= 0.3 is 6.03 Å². The predicted octanol–water partition coefficient (Wildman–Crippen LogP) is 6.25. The van der Waals surface area contributed by atoms with E-state index in [1.54, 1.807) is 24.3 Å². The monoisotopic (exact) mass is 389 g/mol. The summed E-state index contributed by atoms with van der Waals surface area (Å²) in [5, 5.41) is 13.6. The van der Waals surface area contributed by atoms with Gasteiger partial charge < -0.3 is 10.8 Å². The van der Waals surface area contributed by atoms with E-state index in [1.807, 2.05) is 0 Å². The predicted molar refractivity (Wildman–Crippen MR) is 118 cm³/mol. The van der Waals surface area contributed by atoms with Gasteiger partial charge in [-0.05, 0) is 42.7 Å². The summed E-state index contributed by atoms with van der Waals surface area (Å²) in [6, 6.07) is 6.19. The van der Waals surface area contributed by atoms with E-state index in [9.17, 15) is 9.90 Å². The molecule has 0 radical (unpaired) electrons. The molecule has 0 bridgehead atoms. The molecule has 0 atom stereocenters. The number of phenols is 1. The van der Waals surface area contributed by atoms with Gasteiger partial charge in [0.05, 0.1) is 5.71 Å². The second-order valence-electron chi connectivity index (χ2n) is 7.57. The van der Waals surface area contributed by atoms with Crippen molar-refractivity contribution in [2.75, 3.05) is 0 Å². The minimum Gasteiger partial charge on any atom is -0.508 e. The van der Waals surface area contributed by atoms with Crippen molar-refractivity contribution in [1.29, 1.82) is 0 Å². The molecule has 5 nitrogen and oxygen atoms in total. The van der Waals surface area contributed by atoms with Crippen LogP contribution >= 0.6 is 0 Å². The van der Waals surface area contributed by atoms with Crippen LogP contribution in [0.2, 0.25) is 0 Å². The lowest BCUT2D eigenvalue weighted by Gasteiger charge is -2.08. The summed E-state index contributed by atoms with van der Waals surface area (Å²) < 4.78 is 0. The summed E-state index contributed by atoms with van der Waals surface area (Å²) in [5.41, 5.74) is 9.13. The Balaban J connectivity index is 2.13. The highest BCUT2D eigenvalue weighted by Gasteiger charge is 2.05. The van der Waals surface area contributed by atoms with E-state index >= 15 is 0 Å². The third kappa shape index (κ3) is 12.4. The number of hydrogen-bond acceptors (Lipinski definition) is 3. The first-order valence-corrected chi connectivity index (χ1v) is 11.0. The maximum absolute atomic E-state index is 10.9. The number of rotatable bonds is 16. The zero-order chi connectivity index (χ0) is 20.5. The average Bonchev–Trinajstić information content (AvgIpc) is 2.68. The summed E-state index contributed by atoms with van der Waals surface area (Å²) >= 11 is 0. The average molecular weight is 390 g/mol. The number of unbranched alkanes of at least 4 members (excludes halogenated alkanes) is 12. The van der Waals surface area contributed by atoms with Crippen LogP contribution in [0.4, 0.5) is 4.79 Å². The Bertz CT molecular complexity index is 555. The van der Waals surface area contributed by atoms with Gasteiger partial charge in [0.25, 0.3) is 0 Å². The minimum atomic E-state index is -0.665. The van der Waals surface area contributed by atoms with Gasteiger partial charge in [-0.3, -0.25) is 0 Å². The fourth-order valence-electron chi connectivity index (χ4n) is 3.35. The van der Waals surface area contributed by atoms with Gasteiger partial charge in [0.1, 0.15) is 5.75 Å². The Morgan fingerprint density at radius 3 is 1.79 bits per heavy atom. The third-order valence-electron chi connectivity index (χ3n) is 5.02. The molecular weight excluding hydrogens is 350 g/mol. The van der Waals surface area contributed by atoms with Gasteiger partial charge in [-0.2, -0.15) is 5.10 Å². The van der Waals surface area contributed by atoms with Crippen molar-refractivity contribution in [2.24, 2.45) is 10.8 Å². The Morgan fingerprint density at radius 2 is 1.32 bits per heavy atom. The van der Waals surface area contributed by atoms with E-state index in [4.69, 9.17) is 5.73 Å². The number of carbonyl (C=O) groups is 1. The molecule has 0 spiro atoms. The van der Waals surface area contributed by atoms with Gasteiger partial charge in [0.15, 0.2) is 0 Å². The number of hydrazone groups is 1. The Morgan fingerprint density at radius 1 is 0.857 bits per heavy atom. The van der Waals surface area contributed by atoms with E-state index in [-0.39, 0.29) is 5.75 Å². The van der Waals surface area contributed by atoms with Crippen molar-refractivity contribution in [3.63, 3.8) is 0 Å². The number of hydrogen-bond donors (Lipinski definition) is 3. The molecule has 0 aliphatic heterocycles. The van der Waals surface area contributed by atoms with E-state index in [0.29, 0.717) is 0 Å². The zero-order valence-electron chi connectivity index (χ0n) is 17.6. The molecule has 28 heavy (non-hydrogen) atoms. The topological polar surface area (TPSA) is 87.7 Å². The highest BCUT2D eigenvalue weighted by Crippen LogP contribution is 2.16. The van der Waals surface area contributed by atoms with Gasteiger partial charge in [-0.25, -0.2) is 10.2 Å². The fourth-order valence-corrected chi connectivity index (χ4v) is 3.35. The second-order valence-corrected chi connectivity index (χ2v) is 7.57. The molecule has 5 heteroatoms. The molecule has 0 fully saturated rings. The maximum Gasteiger partial charge on any atom is 0.332 e. The first-order chi connectivity index (χ1) is 13.6. The van der Waals surface area contributed by atoms with Crippen LogP contribution in [0.1, 0.15) is 102 Å². The molecule has 1 aromatic rings. The molecule has 0 heterocycles. The SMILES string of the molecule is CCCCCCCCCCCCCCC/C(=N\NC(N)=O)c1ccc(O)cc1. The van der Waals surface area contributed by atoms with Crippen molar-refractivity contribution < 1.29 is 9.90 Å². The Kier molecular flexibility index (Phi) is 13.7. The number of phenolic OH excluding ortho intramolecular Hbond substituents is 1. The van der Waals surface area contributed by atoms with Crippen LogP contribution < -0.4 is 11.2 Å². The molecule has 2 amide bonds. The molecule has 0 unspecified atom stereocenters. The molecule has 0 saturated heterocycles. The Hall–Kier alpha value is -2.04. The summed E-state index contributed by atoms with van der Waals surface area (Å²) in [6.07, 6.45) is 17.9. The second kappa shape index (κ2) is 16.0. The number of nitrogens with zero attached hydrogens (tertiary/aromatic N) is 1. The molecule has 4 N–H and O–H groups in total. The van der Waals surface area contributed by atoms with Gasteiger partial charge in [0, 0.05) is 0 Å². The standard InChI is InChI=1S/C23H39N3O2/c1-2-3-4-5-6-7-8-9-10-11-12-13-14-15-22(25-26-23(24)28)20-16-18-21(27)19-17-20/h16-19,27H,2-15H2,1H3,(H3,24,26,28)/b25-22+. The highest BCUT2D eigenvalue weighted by molar-refractivity contribution is 6.01. The number of aromatic hydroxyl groups is 1. The fraction of sp³-hybridized carbons (Fsp3) is 0.652. The quantitative estimate of drug-likeness (QED) is 0.177. The summed E-state index contributed by atoms with van der Waals surface area (Å²) in [7, 11) is 0. The highest BCUT2D eigenvalue weighted by atomic mass is 16.3. The van der Waals surface area contributed by atoms with E-state index in [1.165, 1.54) is 70.6 Å². The van der Waals surface area contributed by atoms with E-state index in [0.717, 1.165) is 30.5 Å². The van der Waals surface area contributed by atoms with Crippen molar-refractivity contribution in [1.82, 2.24) is 5.43 Å². The molecular formula is C23H39N3O2. The smallest absolute Gasteiger partial charge is 0.332 e. The lowest BCUT2D eigenvalue weighted by atomic mass is 10.0. The number of nitrogens with one attached hydrogen (secondary N) is 1. The number of nitrogens with two attached hydrogens (primary N) is 1. The normalized spacial score (nSPS) is 11.5. The molecule has 1 aromatic carbocycles. The largest absolute Gasteiger partial charge is 0.508 e. The number of primary amides is 1. The zero-order valence-corrected chi connectivity index (χ0v) is 17.6. The molecule has 0 saturated carbocycles. The number of benzene rings is 1. The van der Waals surface area contributed by atoms with Crippen LogP contribution in [0.25, 0.3) is 0 Å². The third-order valence-corrected chi connectivity index (χ3v) is 5.02. The van der Waals surface area contributed by atoms with Crippen LogP contribution in [0.5, 0.6) is 5.75 Å². The van der Waals surface area contributed by atoms with E-state index in [2.05, 4.69) is 17.5 Å². The summed E-state index contributed by atoms with van der Waals surface area (Å²) in [6.45, 7) is 2.26. The molecule has 0 aliphatic rings. The van der Waals surface area contributed by atoms with Gasteiger partial charge in [-0.15, -0.1) is 0 Å². The van der Waals surface area contributed by atoms with Crippen molar-refractivity contribution >= 4 is 11.7 Å². The number of amides is 2. The van der Waals surface area contributed by atoms with Crippen molar-refractivity contribution in [3.8, 4) is 5.75 Å². The van der Waals surface area contributed by atoms with Gasteiger partial charge in [-0.1, -0.05) is 84.0 Å². The van der Waals surface area contributed by atoms with Crippen molar-refractivity contribution in [3.05, 3.63) is 29.8 Å². The molecule has 1 rings (SSSR count). The van der Waals surface area contributed by atoms with Crippen LogP contribution in [-0.2, 0) is 0 Å². The lowest BCUT2D eigenvalue weighted by molar-refractivity contribution is 0.249. The summed E-state index contributed by atoms with van der Waals surface area (Å²) in [5.74, 6) is 0.215. The Labute approximate surface area is 170 Å². The lowest BCUT2D eigenvalue weighted by Crippen LogP contribution is -2.26. The van der Waals surface area contributed by atoms with Crippen LogP contribution in [-0.4, -0.2) is 16.8 Å². The minimum absolute atomic E-state index is 0.215. The van der Waals surface area contributed by atoms with E-state index < -0.39 is 6.03 Å². The van der Waals surface area contributed by atoms with Crippen molar-refractivity contribution in [2.45, 2.75) is 96.8 Å². The number of carbonyl (C=O) groups excluding carboxylic acids is 1. The molecule has 0 aromatic heterocycles. The molecule has 158 valence electrons. The summed E-state index contributed by atoms with van der Waals surface area (Å²) in [4.78, 5) is 10.9.